The Kier molecular flexibility index (Phi) is 32.9. The van der Waals surface area contributed by atoms with Crippen LogP contribution in [0.1, 0.15) is 204 Å². The highest BCUT2D eigenvalue weighted by molar-refractivity contribution is 7.09. The van der Waals surface area contributed by atoms with E-state index in [4.69, 9.17) is 54.4 Å². The number of hydrogen-bond acceptors (Lipinski definition) is 23. The minimum Gasteiger partial charge on any atom is -0.349 e. The molecule has 0 spiro atoms. The lowest BCUT2D eigenvalue weighted by molar-refractivity contribution is 0.0675. The quantitative estimate of drug-likeness (QED) is 0.0317. The van der Waals surface area contributed by atoms with E-state index in [0.29, 0.717) is 166 Å². The third-order valence-corrected chi connectivity index (χ3v) is 24.6. The number of carbonyl (C=O) groups excluding carboxylic acids is 12. The van der Waals surface area contributed by atoms with Crippen LogP contribution in [0.15, 0.2) is 176 Å². The Hall–Kier alpha value is -14.8. The minimum atomic E-state index is -0.723. The van der Waals surface area contributed by atoms with E-state index >= 15 is 0 Å². The molecule has 136 heavy (non-hydrogen) atoms. The van der Waals surface area contributed by atoms with E-state index in [1.807, 2.05) is 94.5 Å². The van der Waals surface area contributed by atoms with Gasteiger partial charge < -0.3 is 47.7 Å². The first kappa shape index (κ1) is 98.7. The summed E-state index contributed by atoms with van der Waals surface area (Å²) in [6.45, 7) is 18.2. The van der Waals surface area contributed by atoms with Crippen LogP contribution in [0.5, 0.6) is 0 Å². The smallest absolute Gasteiger partial charge is 0.295 e. The second-order valence-corrected chi connectivity index (χ2v) is 34.7. The number of hydrogen-bond donors (Lipinski definition) is 12. The average molecular weight is 1920 g/mol. The van der Waals surface area contributed by atoms with Crippen molar-refractivity contribution in [2.24, 2.45) is 13.0 Å². The molecular formula is C92H101Cl2N23O18S. The number of halogens is 2. The van der Waals surface area contributed by atoms with Gasteiger partial charge in [0.05, 0.1) is 88.8 Å². The van der Waals surface area contributed by atoms with E-state index < -0.39 is 35.4 Å². The second kappa shape index (κ2) is 45.3. The zero-order valence-corrected chi connectivity index (χ0v) is 77.1. The van der Waals surface area contributed by atoms with E-state index in [2.05, 4.69) is 65.3 Å². The number of hydroxylamine groups is 6. The lowest BCUT2D eigenvalue weighted by Crippen LogP contribution is -2.41. The Morgan fingerprint density at radius 1 is 0.419 bits per heavy atom. The molecule has 12 N–H and O–H groups in total. The summed E-state index contributed by atoms with van der Waals surface area (Å²) in [7, 11) is 1.82. The number of amides is 12. The van der Waals surface area contributed by atoms with Gasteiger partial charge in [0.1, 0.15) is 22.8 Å². The molecule has 0 fully saturated rings. The van der Waals surface area contributed by atoms with E-state index in [1.54, 1.807) is 133 Å². The normalized spacial score (nSPS) is 14.0. The van der Waals surface area contributed by atoms with Gasteiger partial charge in [0, 0.05) is 144 Å². The molecule has 0 bridgehead atoms. The molecule has 4 aromatic carbocycles. The molecule has 712 valence electrons. The fourth-order valence-electron chi connectivity index (χ4n) is 16.0. The molecule has 0 aliphatic carbocycles. The maximum Gasteiger partial charge on any atom is 0.295 e. The van der Waals surface area contributed by atoms with Crippen LogP contribution < -0.4 is 32.9 Å². The fourth-order valence-corrected chi connectivity index (χ4v) is 17.1. The number of fused-ring (bicyclic) bond motifs is 6. The summed E-state index contributed by atoms with van der Waals surface area (Å²) in [6, 6.07) is 43.7. The van der Waals surface area contributed by atoms with Gasteiger partial charge in [-0.05, 0) is 123 Å². The first-order valence-electron chi connectivity index (χ1n) is 43.4. The van der Waals surface area contributed by atoms with Crippen molar-refractivity contribution in [1.29, 1.82) is 0 Å². The van der Waals surface area contributed by atoms with E-state index in [9.17, 15) is 57.5 Å². The minimum absolute atomic E-state index is 0.0248. The van der Waals surface area contributed by atoms with Crippen LogP contribution in [0.3, 0.4) is 0 Å². The van der Waals surface area contributed by atoms with E-state index in [1.165, 1.54) is 49.4 Å². The largest absolute Gasteiger partial charge is 0.349 e. The SMILES string of the molecule is CC(C)CCN1CCn2nc(C(=O)NO)cc2C1=O.Cc1ccc(-c2ccc(C(=O)N3CCCn4cc(C(=O)NO)cc4C3)cc2)cc1.Cc1nc(C(=O)N2CCCn3cc(C(=O)NO)cc3C2)cs1.Cn1cccc1C(=O)N1CCn2nc(C(=O)NO)cc2C1.O=C(NO)c1cc2n(c1)CCCN(C(=O)c1c(Cl)cccc1Cl)C2.O=C(NO)c1cc2n(n1)CCN(Cc1ccccc1)C2=O. The van der Waals surface area contributed by atoms with Crippen LogP contribution >= 0.6 is 34.5 Å². The highest BCUT2D eigenvalue weighted by atomic mass is 35.5. The van der Waals surface area contributed by atoms with Gasteiger partial charge in [-0.2, -0.15) is 15.3 Å². The molecule has 6 aliphatic heterocycles. The topological polar surface area (TPSA) is 504 Å². The van der Waals surface area contributed by atoms with Crippen molar-refractivity contribution in [2.75, 3.05) is 45.8 Å². The standard InChI is InChI=1S/C23H23N3O3.C16H15Cl2N3O3.C14H16N4O3S.C14H14N4O3.C13H15N5O3.C12H18N4O3/c1-16-3-5-17(6-4-16)18-7-9-19(10-8-18)23(28)26-12-2-11-25-14-20(22(27)24-29)13-21(25)15-26;17-12-3-1-4-13(18)14(12)16(23)21-6-2-5-20-8-10(15(22)19-24)7-11(20)9-21;1-9-15-12(8-22-9)14(20)18-4-2-3-17-6-10(13(19)16-21)5-11(17)7-18;19-13(16-21)11-8-12-14(20)17(6-7-18(12)15-11)9-10-4-2-1-3-5-10;1-16-4-2-3-11(16)13(20)17-5-6-18-9(8-17)7-10(14-18)12(19)15-21;1-8(2)3-4-15-5-6-16-10(12(15)18)7-9(13-16)11(17)14-19/h3-10,13-14,29H,2,11-12,15H2,1H3,(H,24,27);1,3-4,7-8,24H,2,5-6,9H2,(H,19,22);5-6,8,21H,2-4,7H2,1H3,(H,16,19);1-5,8,21H,6-7,9H2,(H,16,19);2-4,7,21H,5-6,8H2,1H3,(H,15,19);7-8,19H,3-6H2,1-2H3,(H,14,17). The van der Waals surface area contributed by atoms with Crippen molar-refractivity contribution < 1.29 is 88.8 Å². The number of benzene rings is 4. The van der Waals surface area contributed by atoms with Gasteiger partial charge in [-0.3, -0.25) is 103 Å². The second-order valence-electron chi connectivity index (χ2n) is 32.9. The Morgan fingerprint density at radius 3 is 1.32 bits per heavy atom. The van der Waals surface area contributed by atoms with Crippen molar-refractivity contribution >= 4 is 105 Å². The lowest BCUT2D eigenvalue weighted by Gasteiger charge is -2.27. The Balaban J connectivity index is 0.000000139. The molecule has 0 radical (unpaired) electrons. The van der Waals surface area contributed by atoms with Crippen LogP contribution in [0, 0.1) is 19.8 Å². The molecule has 41 nitrogen and oxygen atoms in total. The van der Waals surface area contributed by atoms with Crippen LogP contribution in [-0.4, -0.2) is 230 Å². The van der Waals surface area contributed by atoms with Crippen LogP contribution in [0.2, 0.25) is 10.0 Å². The fraction of sp³-hybridized carbons (Fsp3) is 0.304. The molecule has 14 heterocycles. The number of nitrogens with zero attached hydrogens (tertiary/aromatic N) is 17. The molecule has 0 saturated heterocycles. The van der Waals surface area contributed by atoms with Gasteiger partial charge in [0.2, 0.25) is 0 Å². The molecule has 18 rings (SSSR count). The number of carbonyl (C=O) groups is 12. The summed E-state index contributed by atoms with van der Waals surface area (Å²) in [5.41, 5.74) is 21.4. The number of aromatic nitrogens is 11. The van der Waals surface area contributed by atoms with Crippen LogP contribution in [-0.2, 0) is 79.0 Å². The maximum absolute atomic E-state index is 13.0. The molecular weight excluding hydrogens is 1820 g/mol. The van der Waals surface area contributed by atoms with Gasteiger partial charge in [-0.25, -0.2) is 37.9 Å². The third kappa shape index (κ3) is 23.9. The molecule has 8 aromatic heterocycles. The third-order valence-electron chi connectivity index (χ3n) is 23.2. The first-order chi connectivity index (χ1) is 65.4. The summed E-state index contributed by atoms with van der Waals surface area (Å²) >= 11 is 13.7. The van der Waals surface area contributed by atoms with Gasteiger partial charge >= 0.3 is 0 Å². The summed E-state index contributed by atoms with van der Waals surface area (Å²) in [6.07, 6.45) is 10.2. The van der Waals surface area contributed by atoms with Crippen molar-refractivity contribution in [2.45, 2.75) is 125 Å². The Morgan fingerprint density at radius 2 is 0.853 bits per heavy atom. The Bertz CT molecular complexity index is 6370. The summed E-state index contributed by atoms with van der Waals surface area (Å²) < 4.78 is 12.3. The zero-order valence-electron chi connectivity index (χ0n) is 74.7. The predicted octanol–water partition coefficient (Wildman–Crippen LogP) is 9.17. The summed E-state index contributed by atoms with van der Waals surface area (Å²) in [5, 5.41) is 67.5. The van der Waals surface area contributed by atoms with Gasteiger partial charge in [-0.1, -0.05) is 115 Å². The molecule has 0 atom stereocenters. The molecule has 6 aliphatic rings. The molecule has 0 unspecified atom stereocenters. The van der Waals surface area contributed by atoms with E-state index in [-0.39, 0.29) is 58.1 Å². The number of nitrogens with one attached hydrogen (secondary N) is 6. The van der Waals surface area contributed by atoms with Gasteiger partial charge in [0.15, 0.2) is 17.1 Å². The predicted molar refractivity (Wildman–Crippen MR) is 490 cm³/mol. The lowest BCUT2D eigenvalue weighted by atomic mass is 10.0. The van der Waals surface area contributed by atoms with Crippen molar-refractivity contribution in [3.8, 4) is 11.1 Å². The Labute approximate surface area is 792 Å². The van der Waals surface area contributed by atoms with Crippen LogP contribution in [0.4, 0.5) is 0 Å². The summed E-state index contributed by atoms with van der Waals surface area (Å²) in [5.74, 6) is -3.92. The number of rotatable bonds is 16. The van der Waals surface area contributed by atoms with Gasteiger partial charge in [-0.15, -0.1) is 11.3 Å². The monoisotopic (exact) mass is 1920 g/mol. The van der Waals surface area contributed by atoms with Crippen molar-refractivity contribution in [3.63, 3.8) is 0 Å². The van der Waals surface area contributed by atoms with Crippen molar-refractivity contribution in [1.82, 2.24) is 115 Å². The average Bonchev–Trinajstić information content (AvgIpc) is 1.60. The van der Waals surface area contributed by atoms with Gasteiger partial charge in [0.25, 0.3) is 70.9 Å². The molecule has 0 saturated carbocycles. The zero-order chi connectivity index (χ0) is 97.1. The molecule has 12 amide bonds. The van der Waals surface area contributed by atoms with Crippen LogP contribution in [0.25, 0.3) is 11.1 Å². The maximum atomic E-state index is 13.0. The molecule has 12 aromatic rings. The highest BCUT2D eigenvalue weighted by Crippen LogP contribution is 2.31. The van der Waals surface area contributed by atoms with E-state index in [0.717, 1.165) is 83.2 Å². The number of aryl methyl sites for hydroxylation is 6. The highest BCUT2D eigenvalue weighted by Gasteiger charge is 2.34. The molecule has 44 heteroatoms. The van der Waals surface area contributed by atoms with Crippen molar-refractivity contribution in [3.05, 3.63) is 292 Å². The number of thiazole rings is 1. The summed E-state index contributed by atoms with van der Waals surface area (Å²) in [4.78, 5) is 159. The first-order valence-corrected chi connectivity index (χ1v) is 45.0.